The van der Waals surface area contributed by atoms with Crippen LogP contribution in [0.25, 0.3) is 0 Å². The quantitative estimate of drug-likeness (QED) is 0.762. The minimum atomic E-state index is 0.122. The minimum Gasteiger partial charge on any atom is -0.491 e. The van der Waals surface area contributed by atoms with Gasteiger partial charge < -0.3 is 9.47 Å². The van der Waals surface area contributed by atoms with Gasteiger partial charge >= 0.3 is 0 Å². The molecule has 106 valence electrons. The molecule has 0 aliphatic rings. The van der Waals surface area contributed by atoms with Crippen LogP contribution in [-0.2, 0) is 0 Å². The van der Waals surface area contributed by atoms with E-state index in [4.69, 9.17) is 9.47 Å². The summed E-state index contributed by atoms with van der Waals surface area (Å²) in [6.07, 6.45) is 1.09. The highest BCUT2D eigenvalue weighted by molar-refractivity contribution is 5.26. The Kier molecular flexibility index (Phi) is 5.05. The Labute approximate surface area is 121 Å². The Hall–Kier alpha value is -1.96. The second-order valence-corrected chi connectivity index (χ2v) is 5.22. The first-order valence-corrected chi connectivity index (χ1v) is 7.08. The zero-order valence-electron chi connectivity index (χ0n) is 12.4. The van der Waals surface area contributed by atoms with Gasteiger partial charge in [0.1, 0.15) is 11.5 Å². The van der Waals surface area contributed by atoms with E-state index in [0.717, 1.165) is 17.9 Å². The van der Waals surface area contributed by atoms with Crippen molar-refractivity contribution in [1.29, 1.82) is 0 Å². The highest BCUT2D eigenvalue weighted by atomic mass is 16.5. The predicted molar refractivity (Wildman–Crippen MR) is 82.4 cm³/mol. The normalized spacial score (nSPS) is 13.6. The Morgan fingerprint density at radius 1 is 0.750 bits per heavy atom. The molecule has 0 spiro atoms. The molecule has 0 bridgehead atoms. The van der Waals surface area contributed by atoms with E-state index in [-0.39, 0.29) is 12.2 Å². The van der Waals surface area contributed by atoms with Gasteiger partial charge in [0.25, 0.3) is 0 Å². The monoisotopic (exact) mass is 270 g/mol. The van der Waals surface area contributed by atoms with Crippen molar-refractivity contribution in [1.82, 2.24) is 0 Å². The van der Waals surface area contributed by atoms with Crippen LogP contribution in [0.2, 0.25) is 0 Å². The number of benzene rings is 2. The summed E-state index contributed by atoms with van der Waals surface area (Å²) < 4.78 is 11.8. The topological polar surface area (TPSA) is 18.5 Å². The third kappa shape index (κ3) is 4.61. The highest BCUT2D eigenvalue weighted by Gasteiger charge is 2.11. The highest BCUT2D eigenvalue weighted by Crippen LogP contribution is 2.17. The molecule has 0 amide bonds. The summed E-state index contributed by atoms with van der Waals surface area (Å²) >= 11 is 0. The van der Waals surface area contributed by atoms with Crippen molar-refractivity contribution >= 4 is 0 Å². The average molecular weight is 270 g/mol. The van der Waals surface area contributed by atoms with Gasteiger partial charge in [-0.25, -0.2) is 0 Å². The van der Waals surface area contributed by atoms with Gasteiger partial charge in [0.2, 0.25) is 0 Å². The van der Waals surface area contributed by atoms with Crippen molar-refractivity contribution in [2.45, 2.75) is 39.4 Å². The van der Waals surface area contributed by atoms with Crippen LogP contribution in [0.1, 0.15) is 25.8 Å². The van der Waals surface area contributed by atoms with Gasteiger partial charge in [0, 0.05) is 6.42 Å². The van der Waals surface area contributed by atoms with Crippen LogP contribution < -0.4 is 9.47 Å². The van der Waals surface area contributed by atoms with E-state index in [1.807, 2.05) is 42.5 Å². The van der Waals surface area contributed by atoms with E-state index >= 15 is 0 Å². The molecule has 0 radical (unpaired) electrons. The Balaban J connectivity index is 1.81. The number of ether oxygens (including phenoxy) is 2. The smallest absolute Gasteiger partial charge is 0.119 e. The van der Waals surface area contributed by atoms with Crippen molar-refractivity contribution in [2.75, 3.05) is 0 Å². The maximum Gasteiger partial charge on any atom is 0.119 e. The summed E-state index contributed by atoms with van der Waals surface area (Å²) in [6, 6.07) is 18.0. The number of para-hydroxylation sites is 1. The van der Waals surface area contributed by atoms with E-state index in [2.05, 4.69) is 32.9 Å². The minimum absolute atomic E-state index is 0.122. The lowest BCUT2D eigenvalue weighted by molar-refractivity contribution is 0.131. The molecule has 2 nitrogen and oxygen atoms in total. The molecule has 2 aromatic carbocycles. The zero-order valence-corrected chi connectivity index (χ0v) is 12.4. The summed E-state index contributed by atoms with van der Waals surface area (Å²) in [6.45, 7) is 6.22. The van der Waals surface area contributed by atoms with Crippen molar-refractivity contribution in [3.8, 4) is 11.5 Å². The molecule has 0 N–H and O–H groups in total. The van der Waals surface area contributed by atoms with Gasteiger partial charge in [-0.3, -0.25) is 0 Å². The van der Waals surface area contributed by atoms with E-state index in [9.17, 15) is 0 Å². The molecule has 0 aromatic heterocycles. The third-order valence-corrected chi connectivity index (χ3v) is 3.10. The van der Waals surface area contributed by atoms with Gasteiger partial charge in [0.05, 0.1) is 12.2 Å². The van der Waals surface area contributed by atoms with E-state index in [1.54, 1.807) is 0 Å². The fraction of sp³-hybridized carbons (Fsp3) is 0.333. The van der Waals surface area contributed by atoms with Crippen LogP contribution >= 0.6 is 0 Å². The molecule has 0 fully saturated rings. The first kappa shape index (κ1) is 14.4. The number of hydrogen-bond acceptors (Lipinski definition) is 2. The lowest BCUT2D eigenvalue weighted by atomic mass is 10.2. The largest absolute Gasteiger partial charge is 0.491 e. The van der Waals surface area contributed by atoms with Crippen LogP contribution in [0, 0.1) is 6.92 Å². The lowest BCUT2D eigenvalue weighted by Gasteiger charge is -2.20. The second-order valence-electron chi connectivity index (χ2n) is 5.22. The van der Waals surface area contributed by atoms with Gasteiger partial charge in [0.15, 0.2) is 0 Å². The van der Waals surface area contributed by atoms with Crippen LogP contribution in [0.5, 0.6) is 11.5 Å². The van der Waals surface area contributed by atoms with Gasteiger partial charge in [-0.05, 0) is 45.0 Å². The molecule has 20 heavy (non-hydrogen) atoms. The third-order valence-electron chi connectivity index (χ3n) is 3.10. The number of hydrogen-bond donors (Lipinski definition) is 0. The fourth-order valence-corrected chi connectivity index (χ4v) is 2.14. The Morgan fingerprint density at radius 3 is 1.80 bits per heavy atom. The SMILES string of the molecule is Cc1ccc(OC(C)CC(C)Oc2ccccc2)cc1. The van der Waals surface area contributed by atoms with Gasteiger partial charge in [-0.15, -0.1) is 0 Å². The molecule has 2 atom stereocenters. The average Bonchev–Trinajstić information content (AvgIpc) is 2.42. The standard InChI is InChI=1S/C18H22O2/c1-14-9-11-18(12-10-14)20-16(3)13-15(2)19-17-7-5-4-6-8-17/h4-12,15-16H,13H2,1-3H3. The van der Waals surface area contributed by atoms with E-state index in [1.165, 1.54) is 5.56 Å². The van der Waals surface area contributed by atoms with Crippen LogP contribution in [0.15, 0.2) is 54.6 Å². The summed E-state index contributed by atoms with van der Waals surface area (Å²) in [5, 5.41) is 0. The Morgan fingerprint density at radius 2 is 1.25 bits per heavy atom. The molecule has 0 heterocycles. The van der Waals surface area contributed by atoms with E-state index < -0.39 is 0 Å². The summed E-state index contributed by atoms with van der Waals surface area (Å²) in [7, 11) is 0. The van der Waals surface area contributed by atoms with Crippen LogP contribution in [0.3, 0.4) is 0 Å². The van der Waals surface area contributed by atoms with E-state index in [0.29, 0.717) is 0 Å². The van der Waals surface area contributed by atoms with Crippen molar-refractivity contribution in [2.24, 2.45) is 0 Å². The Bertz CT molecular complexity index is 505. The molecule has 0 saturated heterocycles. The first-order chi connectivity index (χ1) is 9.63. The maximum atomic E-state index is 5.90. The molecule has 0 saturated carbocycles. The second kappa shape index (κ2) is 6.99. The van der Waals surface area contributed by atoms with Crippen LogP contribution in [-0.4, -0.2) is 12.2 Å². The summed E-state index contributed by atoms with van der Waals surface area (Å²) in [5.74, 6) is 1.82. The van der Waals surface area contributed by atoms with Crippen LogP contribution in [0.4, 0.5) is 0 Å². The van der Waals surface area contributed by atoms with Crippen molar-refractivity contribution in [3.63, 3.8) is 0 Å². The predicted octanol–water partition coefficient (Wildman–Crippen LogP) is 4.62. The summed E-state index contributed by atoms with van der Waals surface area (Å²) in [5.41, 5.74) is 1.24. The molecule has 0 aliphatic carbocycles. The number of rotatable bonds is 6. The fourth-order valence-electron chi connectivity index (χ4n) is 2.14. The number of aryl methyl sites for hydroxylation is 1. The molecule has 2 unspecified atom stereocenters. The summed E-state index contributed by atoms with van der Waals surface area (Å²) in [4.78, 5) is 0. The lowest BCUT2D eigenvalue weighted by Crippen LogP contribution is -2.22. The zero-order chi connectivity index (χ0) is 14.4. The van der Waals surface area contributed by atoms with Crippen molar-refractivity contribution in [3.05, 3.63) is 60.2 Å². The van der Waals surface area contributed by atoms with Gasteiger partial charge in [-0.2, -0.15) is 0 Å². The molecule has 0 aliphatic heterocycles. The molecule has 2 rings (SSSR count). The first-order valence-electron chi connectivity index (χ1n) is 7.08. The molecule has 2 aromatic rings. The molecule has 2 heteroatoms. The molecular formula is C18H22O2. The maximum absolute atomic E-state index is 5.90. The van der Waals surface area contributed by atoms with Crippen molar-refractivity contribution < 1.29 is 9.47 Å². The van der Waals surface area contributed by atoms with Gasteiger partial charge in [-0.1, -0.05) is 35.9 Å². The molecular weight excluding hydrogens is 248 g/mol.